The molecule has 0 aliphatic carbocycles. The fourth-order valence-electron chi connectivity index (χ4n) is 2.84. The Balaban J connectivity index is 2.61. The van der Waals surface area contributed by atoms with Crippen LogP contribution in [-0.2, 0) is 4.79 Å². The third kappa shape index (κ3) is 3.64. The summed E-state index contributed by atoms with van der Waals surface area (Å²) in [4.78, 5) is 25.4. The summed E-state index contributed by atoms with van der Waals surface area (Å²) in [6.07, 6.45) is 2.80. The van der Waals surface area contributed by atoms with Gasteiger partial charge >= 0.3 is 12.0 Å². The van der Waals surface area contributed by atoms with Crippen LogP contribution in [0.3, 0.4) is 0 Å². The van der Waals surface area contributed by atoms with Crippen LogP contribution in [0.15, 0.2) is 0 Å². The van der Waals surface area contributed by atoms with E-state index in [9.17, 15) is 14.7 Å². The van der Waals surface area contributed by atoms with Crippen LogP contribution in [0.5, 0.6) is 0 Å². The molecule has 1 aliphatic heterocycles. The maximum Gasteiger partial charge on any atom is 0.329 e. The second kappa shape index (κ2) is 6.95. The molecule has 1 rings (SSSR count). The van der Waals surface area contributed by atoms with Gasteiger partial charge in [0.05, 0.1) is 0 Å². The number of carboxylic acids is 1. The van der Waals surface area contributed by atoms with Gasteiger partial charge in [0.15, 0.2) is 0 Å². The summed E-state index contributed by atoms with van der Waals surface area (Å²) >= 11 is 0. The minimum atomic E-state index is -1.13. The Morgan fingerprint density at radius 3 is 2.10 bits per heavy atom. The summed E-state index contributed by atoms with van der Waals surface area (Å²) in [7, 11) is 0. The largest absolute Gasteiger partial charge is 0.480 e. The maximum atomic E-state index is 12.3. The summed E-state index contributed by atoms with van der Waals surface area (Å²) in [5, 5.41) is 12.1. The second-order valence-electron chi connectivity index (χ2n) is 6.09. The number of carbonyl (C=O) groups excluding carboxylic acids is 1. The summed E-state index contributed by atoms with van der Waals surface area (Å²) in [6, 6.07) is -0.238. The number of nitrogens with zero attached hydrogens (tertiary/aromatic N) is 1. The minimum Gasteiger partial charge on any atom is -0.480 e. The van der Waals surface area contributed by atoms with E-state index in [4.69, 9.17) is 0 Å². The molecule has 5 nitrogen and oxygen atoms in total. The Morgan fingerprint density at radius 1 is 1.25 bits per heavy atom. The van der Waals surface area contributed by atoms with Gasteiger partial charge < -0.3 is 15.3 Å². The fraction of sp³-hybridized carbons (Fsp3) is 0.867. The van der Waals surface area contributed by atoms with Crippen molar-refractivity contribution in [3.63, 3.8) is 0 Å². The molecule has 1 aliphatic rings. The lowest BCUT2D eigenvalue weighted by Crippen LogP contribution is -2.58. The van der Waals surface area contributed by atoms with E-state index in [-0.39, 0.29) is 6.03 Å². The van der Waals surface area contributed by atoms with Gasteiger partial charge in [-0.15, -0.1) is 0 Å². The fourth-order valence-corrected chi connectivity index (χ4v) is 2.84. The Hall–Kier alpha value is -1.26. The van der Waals surface area contributed by atoms with Crippen LogP contribution in [0.2, 0.25) is 0 Å². The van der Waals surface area contributed by atoms with E-state index in [0.717, 1.165) is 25.9 Å². The van der Waals surface area contributed by atoms with Crippen molar-refractivity contribution in [2.45, 2.75) is 58.9 Å². The highest BCUT2D eigenvalue weighted by molar-refractivity contribution is 5.86. The zero-order chi connectivity index (χ0) is 15.3. The van der Waals surface area contributed by atoms with Crippen molar-refractivity contribution in [1.29, 1.82) is 0 Å². The topological polar surface area (TPSA) is 69.6 Å². The first kappa shape index (κ1) is 16.8. The standard InChI is InChI=1S/C15H28N2O3/c1-5-15(6-2,13(18)19)16-14(20)17-9-7-12(8-10-17)11(3)4/h11-12H,5-10H2,1-4H3,(H,16,20)(H,18,19). The first-order valence-electron chi connectivity index (χ1n) is 7.66. The molecule has 2 N–H and O–H groups in total. The number of urea groups is 1. The lowest BCUT2D eigenvalue weighted by Gasteiger charge is -2.36. The van der Waals surface area contributed by atoms with Crippen molar-refractivity contribution >= 4 is 12.0 Å². The first-order valence-corrected chi connectivity index (χ1v) is 7.66. The summed E-state index contributed by atoms with van der Waals surface area (Å²) < 4.78 is 0. The zero-order valence-electron chi connectivity index (χ0n) is 13.1. The molecule has 1 saturated heterocycles. The third-order valence-corrected chi connectivity index (χ3v) is 4.73. The van der Waals surface area contributed by atoms with Gasteiger partial charge in [-0.05, 0) is 37.5 Å². The third-order valence-electron chi connectivity index (χ3n) is 4.73. The smallest absolute Gasteiger partial charge is 0.329 e. The molecule has 0 saturated carbocycles. The molecular weight excluding hydrogens is 256 g/mol. The molecule has 0 bridgehead atoms. The van der Waals surface area contributed by atoms with Crippen LogP contribution in [-0.4, -0.2) is 40.6 Å². The van der Waals surface area contributed by atoms with Gasteiger partial charge in [-0.25, -0.2) is 9.59 Å². The molecule has 20 heavy (non-hydrogen) atoms. The van der Waals surface area contributed by atoms with Crippen molar-refractivity contribution in [2.75, 3.05) is 13.1 Å². The van der Waals surface area contributed by atoms with Gasteiger partial charge in [-0.3, -0.25) is 0 Å². The van der Waals surface area contributed by atoms with E-state index in [1.165, 1.54) is 0 Å². The highest BCUT2D eigenvalue weighted by Gasteiger charge is 2.38. The molecule has 2 amide bonds. The van der Waals surface area contributed by atoms with Crippen LogP contribution >= 0.6 is 0 Å². The van der Waals surface area contributed by atoms with E-state index < -0.39 is 11.5 Å². The Kier molecular flexibility index (Phi) is 5.84. The summed E-state index contributed by atoms with van der Waals surface area (Å²) in [6.45, 7) is 9.45. The van der Waals surface area contributed by atoms with Crippen molar-refractivity contribution in [3.05, 3.63) is 0 Å². The normalized spacial score (nSPS) is 17.4. The molecule has 0 aromatic heterocycles. The van der Waals surface area contributed by atoms with Gasteiger partial charge in [0.25, 0.3) is 0 Å². The van der Waals surface area contributed by atoms with Gasteiger partial charge in [0, 0.05) is 13.1 Å². The van der Waals surface area contributed by atoms with Gasteiger partial charge in [-0.2, -0.15) is 0 Å². The SMILES string of the molecule is CCC(CC)(NC(=O)N1CCC(C(C)C)CC1)C(=O)O. The summed E-state index contributed by atoms with van der Waals surface area (Å²) in [5.74, 6) is 0.359. The zero-order valence-corrected chi connectivity index (χ0v) is 13.1. The average molecular weight is 284 g/mol. The molecule has 5 heteroatoms. The number of nitrogens with one attached hydrogen (secondary N) is 1. The van der Waals surface area contributed by atoms with Crippen LogP contribution in [0.4, 0.5) is 4.79 Å². The number of amides is 2. The van der Waals surface area contributed by atoms with Crippen LogP contribution < -0.4 is 5.32 Å². The molecule has 0 atom stereocenters. The molecule has 116 valence electrons. The first-order chi connectivity index (χ1) is 9.36. The van der Waals surface area contributed by atoms with Crippen molar-refractivity contribution in [3.8, 4) is 0 Å². The predicted octanol–water partition coefficient (Wildman–Crippen LogP) is 2.71. The lowest BCUT2D eigenvalue weighted by molar-refractivity contribution is -0.144. The lowest BCUT2D eigenvalue weighted by atomic mass is 9.87. The molecule has 0 aromatic carbocycles. The number of aliphatic carboxylic acids is 1. The second-order valence-corrected chi connectivity index (χ2v) is 6.09. The number of carbonyl (C=O) groups is 2. The predicted molar refractivity (Wildman–Crippen MR) is 78.6 cm³/mol. The number of piperidine rings is 1. The minimum absolute atomic E-state index is 0.238. The van der Waals surface area contributed by atoms with E-state index in [0.29, 0.717) is 24.7 Å². The van der Waals surface area contributed by atoms with Crippen molar-refractivity contribution < 1.29 is 14.7 Å². The van der Waals surface area contributed by atoms with Crippen LogP contribution in [0.1, 0.15) is 53.4 Å². The van der Waals surface area contributed by atoms with Gasteiger partial charge in [0.2, 0.25) is 0 Å². The maximum absolute atomic E-state index is 12.3. The number of likely N-dealkylation sites (tertiary alicyclic amines) is 1. The van der Waals surface area contributed by atoms with E-state index in [1.807, 2.05) is 0 Å². The summed E-state index contributed by atoms with van der Waals surface area (Å²) in [5.41, 5.74) is -1.13. The van der Waals surface area contributed by atoms with Crippen LogP contribution in [0.25, 0.3) is 0 Å². The number of carboxylic acid groups (broad SMARTS) is 1. The van der Waals surface area contributed by atoms with Crippen molar-refractivity contribution in [2.24, 2.45) is 11.8 Å². The quantitative estimate of drug-likeness (QED) is 0.815. The molecular formula is C15H28N2O3. The van der Waals surface area contributed by atoms with E-state index >= 15 is 0 Å². The monoisotopic (exact) mass is 284 g/mol. The van der Waals surface area contributed by atoms with E-state index in [2.05, 4.69) is 19.2 Å². The van der Waals surface area contributed by atoms with Crippen molar-refractivity contribution in [1.82, 2.24) is 10.2 Å². The van der Waals surface area contributed by atoms with Crippen LogP contribution in [0, 0.1) is 11.8 Å². The Labute approximate surface area is 121 Å². The average Bonchev–Trinajstić information content (AvgIpc) is 2.44. The molecule has 0 radical (unpaired) electrons. The highest BCUT2D eigenvalue weighted by atomic mass is 16.4. The molecule has 0 unspecified atom stereocenters. The number of rotatable bonds is 5. The molecule has 1 fully saturated rings. The highest BCUT2D eigenvalue weighted by Crippen LogP contribution is 2.25. The molecule has 1 heterocycles. The van der Waals surface area contributed by atoms with E-state index in [1.54, 1.807) is 18.7 Å². The van der Waals surface area contributed by atoms with Gasteiger partial charge in [-0.1, -0.05) is 27.7 Å². The Bertz CT molecular complexity index is 343. The van der Waals surface area contributed by atoms with Gasteiger partial charge in [0.1, 0.15) is 5.54 Å². The number of hydrogen-bond acceptors (Lipinski definition) is 2. The molecule has 0 spiro atoms. The molecule has 0 aromatic rings. The number of hydrogen-bond donors (Lipinski definition) is 2. The Morgan fingerprint density at radius 2 is 1.75 bits per heavy atom.